The number of nitrogens with zero attached hydrogens (tertiary/aromatic N) is 1. The summed E-state index contributed by atoms with van der Waals surface area (Å²) in [5.41, 5.74) is 3.80. The number of ether oxygens (including phenoxy) is 3. The Morgan fingerprint density at radius 2 is 1.94 bits per heavy atom. The average Bonchev–Trinajstić information content (AvgIpc) is 2.79. The summed E-state index contributed by atoms with van der Waals surface area (Å²) in [4.78, 5) is 24.3. The van der Waals surface area contributed by atoms with E-state index in [0.717, 1.165) is 5.56 Å². The van der Waals surface area contributed by atoms with Crippen LogP contribution in [0.25, 0.3) is 0 Å². The van der Waals surface area contributed by atoms with Crippen LogP contribution in [0, 0.1) is 12.3 Å². The first kappa shape index (κ1) is 25.6. The average molecular weight is 472 g/mol. The zero-order valence-electron chi connectivity index (χ0n) is 18.5. The van der Waals surface area contributed by atoms with Gasteiger partial charge >= 0.3 is 6.09 Å². The summed E-state index contributed by atoms with van der Waals surface area (Å²) in [7, 11) is 0. The van der Waals surface area contributed by atoms with Gasteiger partial charge in [0.25, 0.3) is 0 Å². The summed E-state index contributed by atoms with van der Waals surface area (Å²) < 4.78 is 15.9. The van der Waals surface area contributed by atoms with Gasteiger partial charge in [-0.25, -0.2) is 10.2 Å². The van der Waals surface area contributed by atoms with E-state index in [1.165, 1.54) is 6.21 Å². The standard InChI is InChI=1S/C24H26ClN3O5/c1-4-12-33-23-19(25)13-17(14-21(23)31-5-2)16-26-28-22(29)15-20(27-24(30)32-6-3)18-10-8-7-9-11-18/h1,7-11,13-14,16,20H,5-6,12,15H2,2-3H3,(H,27,30)(H,28,29)/b26-16-/t20-/m0/s1. The number of carbonyl (C=O) groups excluding carboxylic acids is 2. The van der Waals surface area contributed by atoms with Gasteiger partial charge in [-0.15, -0.1) is 6.42 Å². The van der Waals surface area contributed by atoms with Crippen LogP contribution in [-0.4, -0.2) is 38.0 Å². The largest absolute Gasteiger partial charge is 0.490 e. The second-order valence-corrected chi connectivity index (χ2v) is 6.99. The maximum absolute atomic E-state index is 12.5. The van der Waals surface area contributed by atoms with E-state index in [2.05, 4.69) is 21.8 Å². The van der Waals surface area contributed by atoms with Crippen LogP contribution in [0.15, 0.2) is 47.6 Å². The Bertz CT molecular complexity index is 1010. The molecule has 0 saturated heterocycles. The highest BCUT2D eigenvalue weighted by Gasteiger charge is 2.19. The fourth-order valence-corrected chi connectivity index (χ4v) is 3.12. The van der Waals surface area contributed by atoms with Gasteiger partial charge in [0.05, 0.1) is 36.9 Å². The lowest BCUT2D eigenvalue weighted by Gasteiger charge is -2.18. The van der Waals surface area contributed by atoms with E-state index in [1.54, 1.807) is 19.1 Å². The molecule has 0 fully saturated rings. The molecule has 2 aromatic rings. The molecule has 0 aliphatic carbocycles. The van der Waals surface area contributed by atoms with Gasteiger partial charge in [-0.3, -0.25) is 4.79 Å². The number of alkyl carbamates (subject to hydrolysis) is 1. The van der Waals surface area contributed by atoms with Gasteiger partial charge in [-0.05, 0) is 37.1 Å². The number of carbonyl (C=O) groups is 2. The Hall–Kier alpha value is -3.70. The molecule has 1 atom stereocenters. The highest BCUT2D eigenvalue weighted by Crippen LogP contribution is 2.36. The lowest BCUT2D eigenvalue weighted by molar-refractivity contribution is -0.121. The van der Waals surface area contributed by atoms with Gasteiger partial charge < -0.3 is 19.5 Å². The van der Waals surface area contributed by atoms with Crippen LogP contribution >= 0.6 is 11.6 Å². The molecule has 0 heterocycles. The summed E-state index contributed by atoms with van der Waals surface area (Å²) in [6.07, 6.45) is 6.02. The van der Waals surface area contributed by atoms with Crippen molar-refractivity contribution in [1.29, 1.82) is 0 Å². The van der Waals surface area contributed by atoms with Gasteiger partial charge in [0.2, 0.25) is 5.91 Å². The van der Waals surface area contributed by atoms with E-state index in [9.17, 15) is 9.59 Å². The first-order chi connectivity index (χ1) is 16.0. The lowest BCUT2D eigenvalue weighted by Crippen LogP contribution is -2.33. The first-order valence-electron chi connectivity index (χ1n) is 10.3. The number of amides is 2. The quantitative estimate of drug-likeness (QED) is 0.292. The Morgan fingerprint density at radius 1 is 1.18 bits per heavy atom. The molecule has 33 heavy (non-hydrogen) atoms. The van der Waals surface area contributed by atoms with Crippen molar-refractivity contribution in [2.75, 3.05) is 19.8 Å². The molecule has 2 N–H and O–H groups in total. The minimum Gasteiger partial charge on any atom is -0.490 e. The molecule has 0 aromatic heterocycles. The number of halogens is 1. The van der Waals surface area contributed by atoms with Crippen molar-refractivity contribution >= 4 is 29.8 Å². The SMILES string of the molecule is C#CCOc1c(Cl)cc(/C=N\NC(=O)C[C@H](NC(=O)OCC)c2ccccc2)cc1OCC. The summed E-state index contributed by atoms with van der Waals surface area (Å²) in [5, 5.41) is 6.97. The Kier molecular flexibility index (Phi) is 10.6. The third-order valence-corrected chi connectivity index (χ3v) is 4.47. The highest BCUT2D eigenvalue weighted by atomic mass is 35.5. The lowest BCUT2D eigenvalue weighted by atomic mass is 10.0. The second-order valence-electron chi connectivity index (χ2n) is 6.58. The second kappa shape index (κ2) is 13.7. The van der Waals surface area contributed by atoms with Crippen LogP contribution in [-0.2, 0) is 9.53 Å². The van der Waals surface area contributed by atoms with Gasteiger partial charge in [0.15, 0.2) is 11.5 Å². The van der Waals surface area contributed by atoms with Crippen molar-refractivity contribution in [3.63, 3.8) is 0 Å². The van der Waals surface area contributed by atoms with Crippen LogP contribution < -0.4 is 20.2 Å². The smallest absolute Gasteiger partial charge is 0.407 e. The molecule has 0 aliphatic heterocycles. The molecule has 0 aliphatic rings. The highest BCUT2D eigenvalue weighted by molar-refractivity contribution is 6.32. The molecule has 2 rings (SSSR count). The van der Waals surface area contributed by atoms with Gasteiger partial charge in [0, 0.05) is 0 Å². The predicted octanol–water partition coefficient (Wildman–Crippen LogP) is 4.08. The van der Waals surface area contributed by atoms with Gasteiger partial charge in [-0.2, -0.15) is 5.10 Å². The van der Waals surface area contributed by atoms with Crippen molar-refractivity contribution in [2.24, 2.45) is 5.10 Å². The topological polar surface area (TPSA) is 98.2 Å². The van der Waals surface area contributed by atoms with E-state index in [-0.39, 0.29) is 19.6 Å². The molecular weight excluding hydrogens is 446 g/mol. The van der Waals surface area contributed by atoms with Crippen LogP contribution in [0.4, 0.5) is 4.79 Å². The Morgan fingerprint density at radius 3 is 2.61 bits per heavy atom. The third-order valence-electron chi connectivity index (χ3n) is 4.19. The zero-order valence-corrected chi connectivity index (χ0v) is 19.2. The third kappa shape index (κ3) is 8.39. The maximum Gasteiger partial charge on any atom is 0.407 e. The minimum atomic E-state index is -0.604. The molecule has 8 nitrogen and oxygen atoms in total. The Labute approximate surface area is 198 Å². The summed E-state index contributed by atoms with van der Waals surface area (Å²) in [5.74, 6) is 2.73. The number of benzene rings is 2. The van der Waals surface area contributed by atoms with Crippen LogP contribution in [0.2, 0.25) is 5.02 Å². The van der Waals surface area contributed by atoms with Crippen LogP contribution in [0.3, 0.4) is 0 Å². The minimum absolute atomic E-state index is 0.0377. The number of hydrazone groups is 1. The molecule has 0 radical (unpaired) electrons. The Balaban J connectivity index is 2.07. The molecular formula is C24H26ClN3O5. The molecule has 0 saturated carbocycles. The van der Waals surface area contributed by atoms with Gasteiger partial charge in [0.1, 0.15) is 6.61 Å². The summed E-state index contributed by atoms with van der Waals surface area (Å²) in [6, 6.07) is 11.8. The maximum atomic E-state index is 12.5. The van der Waals surface area contributed by atoms with Crippen molar-refractivity contribution < 1.29 is 23.8 Å². The van der Waals surface area contributed by atoms with E-state index in [4.69, 9.17) is 32.2 Å². The summed E-state index contributed by atoms with van der Waals surface area (Å²) in [6.45, 7) is 4.20. The van der Waals surface area contributed by atoms with Crippen molar-refractivity contribution in [1.82, 2.24) is 10.7 Å². The molecule has 0 unspecified atom stereocenters. The molecule has 174 valence electrons. The fourth-order valence-electron chi connectivity index (χ4n) is 2.84. The number of rotatable bonds is 11. The summed E-state index contributed by atoms with van der Waals surface area (Å²) >= 11 is 6.28. The molecule has 0 spiro atoms. The van der Waals surface area contributed by atoms with Gasteiger partial charge in [-0.1, -0.05) is 47.9 Å². The van der Waals surface area contributed by atoms with Crippen LogP contribution in [0.1, 0.15) is 37.4 Å². The zero-order chi connectivity index (χ0) is 24.1. The number of terminal acetylenes is 1. The molecule has 9 heteroatoms. The molecule has 2 amide bonds. The van der Waals surface area contributed by atoms with Crippen molar-refractivity contribution in [2.45, 2.75) is 26.3 Å². The van der Waals surface area contributed by atoms with E-state index in [0.29, 0.717) is 28.7 Å². The van der Waals surface area contributed by atoms with Crippen molar-refractivity contribution in [3.8, 4) is 23.8 Å². The predicted molar refractivity (Wildman–Crippen MR) is 127 cm³/mol. The number of hydrogen-bond acceptors (Lipinski definition) is 6. The van der Waals surface area contributed by atoms with Crippen LogP contribution in [0.5, 0.6) is 11.5 Å². The fraction of sp³-hybridized carbons (Fsp3) is 0.292. The molecule has 0 bridgehead atoms. The number of hydrogen-bond donors (Lipinski definition) is 2. The first-order valence-corrected chi connectivity index (χ1v) is 10.7. The van der Waals surface area contributed by atoms with E-state index in [1.807, 2.05) is 37.3 Å². The molecule has 2 aromatic carbocycles. The number of nitrogens with one attached hydrogen (secondary N) is 2. The monoisotopic (exact) mass is 471 g/mol. The van der Waals surface area contributed by atoms with Crippen molar-refractivity contribution in [3.05, 3.63) is 58.6 Å². The van der Waals surface area contributed by atoms with E-state index < -0.39 is 18.0 Å². The van der Waals surface area contributed by atoms with E-state index >= 15 is 0 Å². The normalized spacial score (nSPS) is 11.3.